The van der Waals surface area contributed by atoms with Gasteiger partial charge in [0.1, 0.15) is 5.01 Å². The highest BCUT2D eigenvalue weighted by Crippen LogP contribution is 2.31. The number of anilines is 1. The van der Waals surface area contributed by atoms with Gasteiger partial charge >= 0.3 is 0 Å². The molecule has 0 saturated carbocycles. The Morgan fingerprint density at radius 1 is 1.26 bits per heavy atom. The topological polar surface area (TPSA) is 25.4 Å². The SMILES string of the molecule is CN(C)c1ccc(-c2nc([C@@H]3CCOC3)cs2)cc1. The molecule has 0 amide bonds. The van der Waals surface area contributed by atoms with Crippen LogP contribution in [0.2, 0.25) is 0 Å². The quantitative estimate of drug-likeness (QED) is 0.858. The van der Waals surface area contributed by atoms with E-state index in [0.717, 1.165) is 24.6 Å². The van der Waals surface area contributed by atoms with E-state index >= 15 is 0 Å². The molecule has 1 atom stereocenters. The molecule has 19 heavy (non-hydrogen) atoms. The lowest BCUT2D eigenvalue weighted by molar-refractivity contribution is 0.193. The molecule has 1 aromatic carbocycles. The van der Waals surface area contributed by atoms with Crippen molar-refractivity contribution in [2.24, 2.45) is 0 Å². The smallest absolute Gasteiger partial charge is 0.123 e. The van der Waals surface area contributed by atoms with Gasteiger partial charge < -0.3 is 9.64 Å². The molecule has 1 aromatic heterocycles. The van der Waals surface area contributed by atoms with Crippen molar-refractivity contribution in [3.8, 4) is 10.6 Å². The number of rotatable bonds is 3. The molecule has 1 saturated heterocycles. The molecule has 0 aliphatic carbocycles. The summed E-state index contributed by atoms with van der Waals surface area (Å²) in [5.41, 5.74) is 3.60. The average Bonchev–Trinajstić information content (AvgIpc) is 3.10. The third-order valence-electron chi connectivity index (χ3n) is 3.50. The summed E-state index contributed by atoms with van der Waals surface area (Å²) >= 11 is 1.72. The lowest BCUT2D eigenvalue weighted by Gasteiger charge is -2.12. The molecule has 1 aliphatic heterocycles. The summed E-state index contributed by atoms with van der Waals surface area (Å²) in [5.74, 6) is 0.492. The molecule has 100 valence electrons. The fraction of sp³-hybridized carbons (Fsp3) is 0.400. The van der Waals surface area contributed by atoms with Crippen molar-refractivity contribution in [3.05, 3.63) is 35.3 Å². The van der Waals surface area contributed by atoms with E-state index in [9.17, 15) is 0 Å². The first kappa shape index (κ1) is 12.6. The number of hydrogen-bond acceptors (Lipinski definition) is 4. The van der Waals surface area contributed by atoms with Gasteiger partial charge in [-0.25, -0.2) is 4.98 Å². The maximum Gasteiger partial charge on any atom is 0.123 e. The maximum atomic E-state index is 5.43. The molecule has 3 rings (SSSR count). The normalized spacial score (nSPS) is 18.7. The third-order valence-corrected chi connectivity index (χ3v) is 4.41. The Hall–Kier alpha value is -1.39. The first-order valence-corrected chi connectivity index (χ1v) is 7.43. The highest BCUT2D eigenvalue weighted by atomic mass is 32.1. The Morgan fingerprint density at radius 3 is 2.68 bits per heavy atom. The van der Waals surface area contributed by atoms with Crippen molar-refractivity contribution in [2.75, 3.05) is 32.2 Å². The molecule has 2 aromatic rings. The van der Waals surface area contributed by atoms with E-state index in [1.54, 1.807) is 11.3 Å². The predicted octanol–water partition coefficient (Wildman–Crippen LogP) is 3.38. The molecule has 1 fully saturated rings. The van der Waals surface area contributed by atoms with Crippen LogP contribution in [-0.2, 0) is 4.74 Å². The van der Waals surface area contributed by atoms with Crippen LogP contribution in [0.1, 0.15) is 18.0 Å². The maximum absolute atomic E-state index is 5.43. The zero-order valence-corrected chi connectivity index (χ0v) is 12.1. The van der Waals surface area contributed by atoms with E-state index in [4.69, 9.17) is 9.72 Å². The summed E-state index contributed by atoms with van der Waals surface area (Å²) in [6.07, 6.45) is 1.10. The van der Waals surface area contributed by atoms with Gasteiger partial charge in [-0.1, -0.05) is 0 Å². The van der Waals surface area contributed by atoms with Crippen LogP contribution in [0.5, 0.6) is 0 Å². The first-order valence-electron chi connectivity index (χ1n) is 6.55. The largest absolute Gasteiger partial charge is 0.381 e. The fourth-order valence-corrected chi connectivity index (χ4v) is 3.18. The van der Waals surface area contributed by atoms with Gasteiger partial charge in [-0.2, -0.15) is 0 Å². The predicted molar refractivity (Wildman–Crippen MR) is 80.1 cm³/mol. The summed E-state index contributed by atoms with van der Waals surface area (Å²) in [6, 6.07) is 8.55. The van der Waals surface area contributed by atoms with Crippen LogP contribution in [0, 0.1) is 0 Å². The summed E-state index contributed by atoms with van der Waals surface area (Å²) in [5, 5.41) is 3.28. The van der Waals surface area contributed by atoms with Crippen LogP contribution < -0.4 is 4.90 Å². The molecule has 0 bridgehead atoms. The van der Waals surface area contributed by atoms with Crippen LogP contribution in [0.15, 0.2) is 29.6 Å². The zero-order chi connectivity index (χ0) is 13.2. The number of nitrogens with zero attached hydrogens (tertiary/aromatic N) is 2. The number of benzene rings is 1. The summed E-state index contributed by atoms with van der Waals surface area (Å²) in [7, 11) is 4.10. The minimum atomic E-state index is 0.492. The number of aromatic nitrogens is 1. The van der Waals surface area contributed by atoms with Crippen LogP contribution in [0.4, 0.5) is 5.69 Å². The van der Waals surface area contributed by atoms with Gasteiger partial charge in [-0.15, -0.1) is 11.3 Å². The molecule has 1 aliphatic rings. The van der Waals surface area contributed by atoms with Crippen LogP contribution >= 0.6 is 11.3 Å². The van der Waals surface area contributed by atoms with Gasteiger partial charge in [0.15, 0.2) is 0 Å². The second kappa shape index (κ2) is 5.31. The molecule has 0 unspecified atom stereocenters. The summed E-state index contributed by atoms with van der Waals surface area (Å²) in [6.45, 7) is 1.69. The van der Waals surface area contributed by atoms with Gasteiger partial charge in [0, 0.05) is 43.3 Å². The minimum Gasteiger partial charge on any atom is -0.381 e. The van der Waals surface area contributed by atoms with E-state index in [2.05, 4.69) is 48.6 Å². The van der Waals surface area contributed by atoms with Crippen LogP contribution in [0.3, 0.4) is 0 Å². The van der Waals surface area contributed by atoms with Gasteiger partial charge in [-0.3, -0.25) is 0 Å². The minimum absolute atomic E-state index is 0.492. The Morgan fingerprint density at radius 2 is 2.05 bits per heavy atom. The average molecular weight is 274 g/mol. The standard InChI is InChI=1S/C15H18N2OS/c1-17(2)13-5-3-11(4-6-13)15-16-14(10-19-15)12-7-8-18-9-12/h3-6,10,12H,7-9H2,1-2H3/t12-/m1/s1. The van der Waals surface area contributed by atoms with Crippen molar-refractivity contribution < 1.29 is 4.74 Å². The Labute approximate surface area is 117 Å². The highest BCUT2D eigenvalue weighted by Gasteiger charge is 2.20. The number of ether oxygens (including phenoxy) is 1. The van der Waals surface area contributed by atoms with Crippen molar-refractivity contribution in [2.45, 2.75) is 12.3 Å². The van der Waals surface area contributed by atoms with E-state index in [1.807, 2.05) is 0 Å². The van der Waals surface area contributed by atoms with E-state index in [0.29, 0.717) is 5.92 Å². The van der Waals surface area contributed by atoms with E-state index in [1.165, 1.54) is 16.9 Å². The Kier molecular flexibility index (Phi) is 3.53. The Bertz CT molecular complexity index is 542. The molecule has 4 heteroatoms. The van der Waals surface area contributed by atoms with Crippen molar-refractivity contribution in [1.82, 2.24) is 4.98 Å². The van der Waals surface area contributed by atoms with Gasteiger partial charge in [-0.05, 0) is 30.7 Å². The molecule has 3 nitrogen and oxygen atoms in total. The van der Waals surface area contributed by atoms with Gasteiger partial charge in [0.05, 0.1) is 12.3 Å². The highest BCUT2D eigenvalue weighted by molar-refractivity contribution is 7.13. The lowest BCUT2D eigenvalue weighted by atomic mass is 10.1. The summed E-state index contributed by atoms with van der Waals surface area (Å²) in [4.78, 5) is 6.87. The molecular formula is C15H18N2OS. The lowest BCUT2D eigenvalue weighted by Crippen LogP contribution is -2.07. The second-order valence-electron chi connectivity index (χ2n) is 5.08. The van der Waals surface area contributed by atoms with Crippen molar-refractivity contribution >= 4 is 17.0 Å². The van der Waals surface area contributed by atoms with E-state index in [-0.39, 0.29) is 0 Å². The summed E-state index contributed by atoms with van der Waals surface area (Å²) < 4.78 is 5.43. The molecular weight excluding hydrogens is 256 g/mol. The van der Waals surface area contributed by atoms with Crippen molar-refractivity contribution in [1.29, 1.82) is 0 Å². The van der Waals surface area contributed by atoms with E-state index < -0.39 is 0 Å². The monoisotopic (exact) mass is 274 g/mol. The molecule has 0 radical (unpaired) electrons. The third kappa shape index (κ3) is 2.65. The van der Waals surface area contributed by atoms with Gasteiger partial charge in [0.2, 0.25) is 0 Å². The molecule has 0 N–H and O–H groups in total. The second-order valence-corrected chi connectivity index (χ2v) is 5.94. The van der Waals surface area contributed by atoms with Crippen molar-refractivity contribution in [3.63, 3.8) is 0 Å². The fourth-order valence-electron chi connectivity index (χ4n) is 2.28. The zero-order valence-electron chi connectivity index (χ0n) is 11.3. The number of hydrogen-bond donors (Lipinski definition) is 0. The molecule has 2 heterocycles. The van der Waals surface area contributed by atoms with Crippen LogP contribution in [0.25, 0.3) is 10.6 Å². The number of thiazole rings is 1. The van der Waals surface area contributed by atoms with Crippen LogP contribution in [-0.4, -0.2) is 32.3 Å². The Balaban J connectivity index is 1.81. The molecule has 0 spiro atoms. The first-order chi connectivity index (χ1) is 9.24. The van der Waals surface area contributed by atoms with Gasteiger partial charge in [0.25, 0.3) is 0 Å².